The molecule has 0 saturated heterocycles. The lowest BCUT2D eigenvalue weighted by atomic mass is 9.91. The number of carbonyl (C=O) groups excluding carboxylic acids is 2. The number of allylic oxidation sites excluding steroid dienone is 1. The third-order valence-electron chi connectivity index (χ3n) is 3.51. The number of nitrogens with one attached hydrogen (secondary N) is 1. The number of methoxy groups -OCH3 is 1. The van der Waals surface area contributed by atoms with E-state index in [1.165, 1.54) is 6.08 Å². The number of amides is 1. The normalized spacial score (nSPS) is 13.4. The maximum absolute atomic E-state index is 13.6. The average Bonchev–Trinajstić information content (AvgIpc) is 2.58. The van der Waals surface area contributed by atoms with Crippen LogP contribution in [0.2, 0.25) is 0 Å². The first-order valence-corrected chi connectivity index (χ1v) is 7.51. The lowest BCUT2D eigenvalue weighted by Gasteiger charge is -2.33. The quantitative estimate of drug-likeness (QED) is 0.436. The Morgan fingerprint density at radius 1 is 1.24 bits per heavy atom. The Labute approximate surface area is 143 Å². The second-order valence-electron chi connectivity index (χ2n) is 5.26. The van der Waals surface area contributed by atoms with Crippen LogP contribution in [0.3, 0.4) is 0 Å². The summed E-state index contributed by atoms with van der Waals surface area (Å²) >= 11 is 0. The van der Waals surface area contributed by atoms with E-state index in [1.54, 1.807) is 35.6 Å². The number of hydrogen-bond acceptors (Lipinski definition) is 4. The monoisotopic (exact) mass is 359 g/mol. The number of halogens is 3. The number of ether oxygens (including phenoxy) is 2. The van der Waals surface area contributed by atoms with E-state index in [0.29, 0.717) is 5.56 Å². The first-order chi connectivity index (χ1) is 11.8. The molecule has 1 aromatic carbocycles. The first kappa shape index (κ1) is 20.5. The molecule has 1 amide bonds. The van der Waals surface area contributed by atoms with Crippen LogP contribution in [0.25, 0.3) is 0 Å². The van der Waals surface area contributed by atoms with E-state index in [2.05, 4.69) is 11.3 Å². The van der Waals surface area contributed by atoms with Crippen molar-refractivity contribution in [3.8, 4) is 0 Å². The van der Waals surface area contributed by atoms with Gasteiger partial charge in [-0.25, -0.2) is 9.59 Å². The van der Waals surface area contributed by atoms with Crippen LogP contribution in [0, 0.1) is 0 Å². The molecule has 25 heavy (non-hydrogen) atoms. The van der Waals surface area contributed by atoms with Gasteiger partial charge in [-0.05, 0) is 24.8 Å². The van der Waals surface area contributed by atoms with E-state index in [4.69, 9.17) is 4.74 Å². The van der Waals surface area contributed by atoms with Crippen LogP contribution in [0.5, 0.6) is 0 Å². The standard InChI is InChI=1S/C17H20F3NO4/c1-3-4-8-11-16(14(22)24-2,17(18,19)20)21-15(23)25-12-13-9-6-5-7-10-13/h3,5-7,9-10H,1,4,8,11-12H2,2H3,(H,21,23). The van der Waals surface area contributed by atoms with Gasteiger partial charge in [-0.2, -0.15) is 13.2 Å². The van der Waals surface area contributed by atoms with Gasteiger partial charge in [0.25, 0.3) is 0 Å². The number of esters is 1. The number of alkyl carbamates (subject to hydrolysis) is 1. The van der Waals surface area contributed by atoms with Gasteiger partial charge in [0.2, 0.25) is 5.54 Å². The molecule has 0 aliphatic carbocycles. The molecule has 1 aromatic rings. The summed E-state index contributed by atoms with van der Waals surface area (Å²) in [6.45, 7) is 3.19. The van der Waals surface area contributed by atoms with E-state index in [0.717, 1.165) is 7.11 Å². The highest BCUT2D eigenvalue weighted by Crippen LogP contribution is 2.36. The molecule has 0 aliphatic heterocycles. The van der Waals surface area contributed by atoms with Crippen molar-refractivity contribution in [2.75, 3.05) is 7.11 Å². The number of rotatable bonds is 8. The highest BCUT2D eigenvalue weighted by Gasteiger charge is 2.62. The van der Waals surface area contributed by atoms with Crippen molar-refractivity contribution in [1.82, 2.24) is 5.32 Å². The second-order valence-corrected chi connectivity index (χ2v) is 5.26. The molecule has 1 unspecified atom stereocenters. The van der Waals surface area contributed by atoms with Gasteiger partial charge in [0, 0.05) is 0 Å². The highest BCUT2D eigenvalue weighted by molar-refractivity contribution is 5.86. The summed E-state index contributed by atoms with van der Waals surface area (Å²) in [6, 6.07) is 8.43. The van der Waals surface area contributed by atoms with Gasteiger partial charge in [-0.1, -0.05) is 36.4 Å². The van der Waals surface area contributed by atoms with Crippen LogP contribution < -0.4 is 5.32 Å². The molecule has 8 heteroatoms. The summed E-state index contributed by atoms with van der Waals surface area (Å²) < 4.78 is 49.8. The predicted octanol–water partition coefficient (Wildman–Crippen LogP) is 3.74. The summed E-state index contributed by atoms with van der Waals surface area (Å²) in [6.07, 6.45) is -5.44. The Balaban J connectivity index is 2.91. The molecule has 0 radical (unpaired) electrons. The Kier molecular flexibility index (Phi) is 7.47. The summed E-state index contributed by atoms with van der Waals surface area (Å²) in [5, 5.41) is 1.66. The molecule has 138 valence electrons. The van der Waals surface area contributed by atoms with Crippen LogP contribution in [0.4, 0.5) is 18.0 Å². The van der Waals surface area contributed by atoms with Crippen molar-refractivity contribution in [3.05, 3.63) is 48.6 Å². The number of benzene rings is 1. The molecule has 1 atom stereocenters. The van der Waals surface area contributed by atoms with Gasteiger partial charge < -0.3 is 9.47 Å². The molecular formula is C17H20F3NO4. The van der Waals surface area contributed by atoms with Crippen LogP contribution in [0.15, 0.2) is 43.0 Å². The van der Waals surface area contributed by atoms with Crippen molar-refractivity contribution >= 4 is 12.1 Å². The zero-order chi connectivity index (χ0) is 18.9. The van der Waals surface area contributed by atoms with Crippen LogP contribution in [-0.2, 0) is 20.9 Å². The Hall–Kier alpha value is -2.51. The minimum Gasteiger partial charge on any atom is -0.467 e. The maximum atomic E-state index is 13.6. The third-order valence-corrected chi connectivity index (χ3v) is 3.51. The number of carbonyl (C=O) groups is 2. The molecule has 0 aliphatic rings. The van der Waals surface area contributed by atoms with Crippen molar-refractivity contribution in [2.24, 2.45) is 0 Å². The largest absolute Gasteiger partial charge is 0.467 e. The van der Waals surface area contributed by atoms with E-state index in [1.807, 2.05) is 0 Å². The van der Waals surface area contributed by atoms with Gasteiger partial charge in [0.15, 0.2) is 0 Å². The summed E-state index contributed by atoms with van der Waals surface area (Å²) in [7, 11) is 0.827. The van der Waals surface area contributed by atoms with Crippen LogP contribution in [-0.4, -0.2) is 30.9 Å². The molecular weight excluding hydrogens is 339 g/mol. The topological polar surface area (TPSA) is 64.6 Å². The Morgan fingerprint density at radius 3 is 2.40 bits per heavy atom. The molecule has 1 N–H and O–H groups in total. The fraction of sp³-hybridized carbons (Fsp3) is 0.412. The minimum atomic E-state index is -5.05. The zero-order valence-electron chi connectivity index (χ0n) is 13.8. The Bertz CT molecular complexity index is 589. The zero-order valence-corrected chi connectivity index (χ0v) is 13.8. The smallest absolute Gasteiger partial charge is 0.422 e. The SMILES string of the molecule is C=CCCCC(NC(=O)OCc1ccccc1)(C(=O)OC)C(F)(F)F. The predicted molar refractivity (Wildman–Crippen MR) is 84.6 cm³/mol. The van der Waals surface area contributed by atoms with Gasteiger partial charge >= 0.3 is 18.2 Å². The highest BCUT2D eigenvalue weighted by atomic mass is 19.4. The van der Waals surface area contributed by atoms with Crippen LogP contribution in [0.1, 0.15) is 24.8 Å². The summed E-state index contributed by atoms with van der Waals surface area (Å²) in [5.74, 6) is -1.60. The third kappa shape index (κ3) is 5.51. The van der Waals surface area contributed by atoms with Crippen molar-refractivity contribution < 1.29 is 32.2 Å². The molecule has 5 nitrogen and oxygen atoms in total. The first-order valence-electron chi connectivity index (χ1n) is 7.51. The number of alkyl halides is 3. The van der Waals surface area contributed by atoms with Crippen LogP contribution >= 0.6 is 0 Å². The van der Waals surface area contributed by atoms with E-state index in [-0.39, 0.29) is 19.4 Å². The minimum absolute atomic E-state index is 0.0168. The van der Waals surface area contributed by atoms with Gasteiger partial charge in [-0.3, -0.25) is 5.32 Å². The molecule has 0 spiro atoms. The van der Waals surface area contributed by atoms with Crippen molar-refractivity contribution in [3.63, 3.8) is 0 Å². The molecule has 0 heterocycles. The van der Waals surface area contributed by atoms with Crippen molar-refractivity contribution in [2.45, 2.75) is 37.6 Å². The van der Waals surface area contributed by atoms with Crippen molar-refractivity contribution in [1.29, 1.82) is 0 Å². The lowest BCUT2D eigenvalue weighted by molar-refractivity contribution is -0.212. The van der Waals surface area contributed by atoms with E-state index < -0.39 is 30.2 Å². The van der Waals surface area contributed by atoms with Gasteiger partial charge in [0.05, 0.1) is 7.11 Å². The fourth-order valence-electron chi connectivity index (χ4n) is 2.16. The van der Waals surface area contributed by atoms with Gasteiger partial charge in [-0.15, -0.1) is 6.58 Å². The molecule has 1 rings (SSSR count). The van der Waals surface area contributed by atoms with E-state index in [9.17, 15) is 22.8 Å². The van der Waals surface area contributed by atoms with E-state index >= 15 is 0 Å². The molecule has 0 bridgehead atoms. The average molecular weight is 359 g/mol. The number of unbranched alkanes of at least 4 members (excludes halogenated alkanes) is 1. The summed E-state index contributed by atoms with van der Waals surface area (Å²) in [4.78, 5) is 23.7. The summed E-state index contributed by atoms with van der Waals surface area (Å²) in [5.41, 5.74) is -2.57. The lowest BCUT2D eigenvalue weighted by Crippen LogP contribution is -2.64. The number of hydrogen-bond donors (Lipinski definition) is 1. The molecule has 0 fully saturated rings. The molecule has 0 aromatic heterocycles. The molecule has 0 saturated carbocycles. The second kappa shape index (κ2) is 9.10. The Morgan fingerprint density at radius 2 is 1.88 bits per heavy atom. The van der Waals surface area contributed by atoms with Gasteiger partial charge in [0.1, 0.15) is 6.61 Å². The maximum Gasteiger partial charge on any atom is 0.422 e. The fourth-order valence-corrected chi connectivity index (χ4v) is 2.16.